The first-order chi connectivity index (χ1) is 7.70. The van der Waals surface area contributed by atoms with Crippen LogP contribution in [0.1, 0.15) is 1.37 Å². The maximum absolute atomic E-state index is 13.5. The second-order valence-electron chi connectivity index (χ2n) is 2.83. The van der Waals surface area contributed by atoms with Gasteiger partial charge in [0, 0.05) is 12.3 Å². The summed E-state index contributed by atoms with van der Waals surface area (Å²) in [4.78, 5) is 7.91. The van der Waals surface area contributed by atoms with Crippen LogP contribution in [0.3, 0.4) is 0 Å². The van der Waals surface area contributed by atoms with E-state index in [1.807, 2.05) is 0 Å². The molecule has 2 rings (SSSR count). The standard InChI is InChI=1S/C11H9FN2O/c1-15-10-6-5-8(12)11(14-10)9-4-2-3-7-13-9/h2-7H,1H3/i3D. The van der Waals surface area contributed by atoms with Gasteiger partial charge in [0.1, 0.15) is 5.69 Å². The molecule has 0 aliphatic heterocycles. The third kappa shape index (κ3) is 1.93. The van der Waals surface area contributed by atoms with Crippen LogP contribution in [0.2, 0.25) is 0 Å². The topological polar surface area (TPSA) is 35.0 Å². The summed E-state index contributed by atoms with van der Waals surface area (Å²) in [5.41, 5.74) is 0.506. The molecule has 0 unspecified atom stereocenters. The minimum Gasteiger partial charge on any atom is -0.481 e. The van der Waals surface area contributed by atoms with E-state index in [1.165, 1.54) is 31.5 Å². The van der Waals surface area contributed by atoms with Crippen LogP contribution in [0.15, 0.2) is 36.5 Å². The van der Waals surface area contributed by atoms with E-state index >= 15 is 0 Å². The predicted octanol–water partition coefficient (Wildman–Crippen LogP) is 2.29. The molecule has 0 aromatic carbocycles. The third-order valence-corrected chi connectivity index (χ3v) is 1.89. The zero-order valence-electron chi connectivity index (χ0n) is 9.07. The highest BCUT2D eigenvalue weighted by Gasteiger charge is 2.08. The Labute approximate surface area is 88.0 Å². The van der Waals surface area contributed by atoms with Crippen LogP contribution >= 0.6 is 0 Å². The van der Waals surface area contributed by atoms with Crippen molar-refractivity contribution in [2.24, 2.45) is 0 Å². The Balaban J connectivity index is 2.50. The fourth-order valence-electron chi connectivity index (χ4n) is 1.18. The molecule has 0 saturated carbocycles. The van der Waals surface area contributed by atoms with Crippen molar-refractivity contribution in [3.05, 3.63) is 42.3 Å². The molecular weight excluding hydrogens is 195 g/mol. The molecule has 0 N–H and O–H groups in total. The maximum atomic E-state index is 13.5. The third-order valence-electron chi connectivity index (χ3n) is 1.89. The summed E-state index contributed by atoms with van der Waals surface area (Å²) in [7, 11) is 1.46. The summed E-state index contributed by atoms with van der Waals surface area (Å²) in [6, 6.07) is 6.07. The second kappa shape index (κ2) is 4.04. The van der Waals surface area contributed by atoms with Gasteiger partial charge in [-0.05, 0) is 18.2 Å². The molecule has 0 aliphatic rings. The molecular formula is C11H9FN2O. The van der Waals surface area contributed by atoms with Gasteiger partial charge in [-0.25, -0.2) is 9.37 Å². The summed E-state index contributed by atoms with van der Waals surface area (Å²) in [5, 5.41) is 0. The summed E-state index contributed by atoms with van der Waals surface area (Å²) in [5.74, 6) is -0.140. The lowest BCUT2D eigenvalue weighted by molar-refractivity contribution is 0.396. The number of methoxy groups -OCH3 is 1. The number of nitrogens with zero attached hydrogens (tertiary/aromatic N) is 2. The molecule has 0 radical (unpaired) electrons. The highest BCUT2D eigenvalue weighted by atomic mass is 19.1. The van der Waals surface area contributed by atoms with Crippen LogP contribution in [0.5, 0.6) is 5.88 Å². The zero-order valence-corrected chi connectivity index (χ0v) is 8.07. The SMILES string of the molecule is [2H]c1ccc(-c2nc(OC)ccc2F)nc1. The molecule has 15 heavy (non-hydrogen) atoms. The average Bonchev–Trinajstić information content (AvgIpc) is 2.31. The van der Waals surface area contributed by atoms with Crippen LogP contribution in [-0.4, -0.2) is 17.1 Å². The van der Waals surface area contributed by atoms with E-state index in [1.54, 1.807) is 6.07 Å². The Morgan fingerprint density at radius 2 is 2.27 bits per heavy atom. The van der Waals surface area contributed by atoms with E-state index in [0.29, 0.717) is 11.6 Å². The van der Waals surface area contributed by atoms with E-state index in [0.717, 1.165) is 0 Å². The van der Waals surface area contributed by atoms with E-state index in [4.69, 9.17) is 6.11 Å². The molecule has 4 heteroatoms. The number of hydrogen-bond donors (Lipinski definition) is 0. The van der Waals surface area contributed by atoms with Crippen molar-refractivity contribution in [1.29, 1.82) is 0 Å². The van der Waals surface area contributed by atoms with Crippen molar-refractivity contribution < 1.29 is 10.5 Å². The van der Waals surface area contributed by atoms with Crippen molar-refractivity contribution >= 4 is 0 Å². The minimum atomic E-state index is -0.467. The van der Waals surface area contributed by atoms with Crippen molar-refractivity contribution in [3.63, 3.8) is 0 Å². The smallest absolute Gasteiger partial charge is 0.213 e. The lowest BCUT2D eigenvalue weighted by atomic mass is 10.2. The predicted molar refractivity (Wildman–Crippen MR) is 54.0 cm³/mol. The molecule has 0 amide bonds. The number of hydrogen-bond acceptors (Lipinski definition) is 3. The first kappa shape index (κ1) is 8.35. The number of pyridine rings is 2. The van der Waals surface area contributed by atoms with Gasteiger partial charge in [-0.15, -0.1) is 0 Å². The molecule has 0 spiro atoms. The fourth-order valence-corrected chi connectivity index (χ4v) is 1.18. The Morgan fingerprint density at radius 1 is 1.40 bits per heavy atom. The Morgan fingerprint density at radius 3 is 2.93 bits per heavy atom. The van der Waals surface area contributed by atoms with Gasteiger partial charge in [-0.3, -0.25) is 4.98 Å². The maximum Gasteiger partial charge on any atom is 0.213 e. The first-order valence-corrected chi connectivity index (χ1v) is 4.34. The van der Waals surface area contributed by atoms with E-state index in [2.05, 4.69) is 9.97 Å². The van der Waals surface area contributed by atoms with Crippen LogP contribution in [-0.2, 0) is 0 Å². The highest BCUT2D eigenvalue weighted by molar-refractivity contribution is 5.55. The number of aromatic nitrogens is 2. The lowest BCUT2D eigenvalue weighted by Gasteiger charge is -2.03. The monoisotopic (exact) mass is 205 g/mol. The van der Waals surface area contributed by atoms with Crippen LogP contribution in [0.25, 0.3) is 11.4 Å². The number of halogens is 1. The number of ether oxygens (including phenoxy) is 1. The van der Waals surface area contributed by atoms with Gasteiger partial charge in [0.05, 0.1) is 14.2 Å². The second-order valence-corrected chi connectivity index (χ2v) is 2.83. The highest BCUT2D eigenvalue weighted by Crippen LogP contribution is 2.20. The molecule has 0 saturated heterocycles. The van der Waals surface area contributed by atoms with Gasteiger partial charge >= 0.3 is 0 Å². The van der Waals surface area contributed by atoms with Gasteiger partial charge in [-0.2, -0.15) is 0 Å². The fraction of sp³-hybridized carbons (Fsp3) is 0.0909. The van der Waals surface area contributed by atoms with Gasteiger partial charge in [-0.1, -0.05) is 6.07 Å². The number of rotatable bonds is 2. The summed E-state index contributed by atoms with van der Waals surface area (Å²) in [6.45, 7) is 0. The Bertz CT molecular complexity index is 502. The van der Waals surface area contributed by atoms with Crippen LogP contribution < -0.4 is 4.74 Å². The van der Waals surface area contributed by atoms with Gasteiger partial charge in [0.25, 0.3) is 0 Å². The Kier molecular flexibility index (Phi) is 2.25. The van der Waals surface area contributed by atoms with Crippen LogP contribution in [0.4, 0.5) is 4.39 Å². The minimum absolute atomic E-state index is 0.124. The van der Waals surface area contributed by atoms with E-state index < -0.39 is 5.82 Å². The largest absolute Gasteiger partial charge is 0.481 e. The molecule has 0 bridgehead atoms. The molecule has 2 aromatic heterocycles. The van der Waals surface area contributed by atoms with Crippen molar-refractivity contribution in [1.82, 2.24) is 9.97 Å². The van der Waals surface area contributed by atoms with Crippen molar-refractivity contribution in [3.8, 4) is 17.3 Å². The summed E-state index contributed by atoms with van der Waals surface area (Å²) < 4.78 is 25.7. The van der Waals surface area contributed by atoms with E-state index in [9.17, 15) is 4.39 Å². The molecule has 76 valence electrons. The van der Waals surface area contributed by atoms with Gasteiger partial charge < -0.3 is 4.74 Å². The van der Waals surface area contributed by atoms with Crippen molar-refractivity contribution in [2.75, 3.05) is 7.11 Å². The zero-order chi connectivity index (χ0) is 11.5. The molecule has 3 nitrogen and oxygen atoms in total. The molecule has 0 atom stereocenters. The van der Waals surface area contributed by atoms with Gasteiger partial charge in [0.2, 0.25) is 5.88 Å². The average molecular weight is 205 g/mol. The van der Waals surface area contributed by atoms with Crippen LogP contribution in [0, 0.1) is 5.82 Å². The molecule has 2 aromatic rings. The normalized spacial score (nSPS) is 10.9. The van der Waals surface area contributed by atoms with Gasteiger partial charge in [0.15, 0.2) is 5.82 Å². The Hall–Kier alpha value is -1.97. The van der Waals surface area contributed by atoms with Crippen molar-refractivity contribution in [2.45, 2.75) is 0 Å². The van der Waals surface area contributed by atoms with E-state index in [-0.39, 0.29) is 11.7 Å². The quantitative estimate of drug-likeness (QED) is 0.754. The molecule has 2 heterocycles. The first-order valence-electron chi connectivity index (χ1n) is 4.84. The molecule has 0 fully saturated rings. The summed E-state index contributed by atoms with van der Waals surface area (Å²) >= 11 is 0. The lowest BCUT2D eigenvalue weighted by Crippen LogP contribution is -1.94. The summed E-state index contributed by atoms with van der Waals surface area (Å²) in [6.07, 6.45) is 1.34. The molecule has 0 aliphatic carbocycles.